The first-order valence-electron chi connectivity index (χ1n) is 9.19. The molecule has 25 heavy (non-hydrogen) atoms. The second-order valence-electron chi connectivity index (χ2n) is 7.60. The minimum absolute atomic E-state index is 0.274. The molecule has 0 aromatic heterocycles. The minimum Gasteiger partial charge on any atom is -0.483 e. The maximum Gasteiger partial charge on any atom is 0.231 e. The van der Waals surface area contributed by atoms with Crippen LogP contribution in [0.5, 0.6) is 17.2 Å². The second kappa shape index (κ2) is 6.29. The molecular weight excluding hydrogens is 312 g/mol. The largest absolute Gasteiger partial charge is 0.483 e. The Morgan fingerprint density at radius 3 is 2.72 bits per heavy atom. The van der Waals surface area contributed by atoms with Crippen molar-refractivity contribution in [3.05, 3.63) is 46.6 Å². The summed E-state index contributed by atoms with van der Waals surface area (Å²) in [6.07, 6.45) is 14.2. The van der Waals surface area contributed by atoms with Gasteiger partial charge in [0.15, 0.2) is 11.5 Å². The number of allylic oxidation sites excluding steroid dienone is 4. The van der Waals surface area contributed by atoms with E-state index in [2.05, 4.69) is 45.1 Å². The van der Waals surface area contributed by atoms with E-state index >= 15 is 0 Å². The number of ether oxygens (including phenoxy) is 3. The highest BCUT2D eigenvalue weighted by Crippen LogP contribution is 2.47. The fourth-order valence-corrected chi connectivity index (χ4v) is 3.83. The van der Waals surface area contributed by atoms with Crippen LogP contribution in [0, 0.1) is 0 Å². The molecule has 0 spiro atoms. The van der Waals surface area contributed by atoms with Gasteiger partial charge in [0.05, 0.1) is 0 Å². The molecule has 3 nitrogen and oxygen atoms in total. The third-order valence-corrected chi connectivity index (χ3v) is 5.33. The standard InChI is InChI=1S/C22H26O3/c1-15-6-4-7-16(2)12-18-17-9-11-22(3,10-5-8-15)25-19(17)13-20-21(18)24-14-23-20/h7-9,11,13H,4-6,10,12,14H2,1-3H3. The van der Waals surface area contributed by atoms with E-state index < -0.39 is 0 Å². The normalized spacial score (nSPS) is 25.1. The molecule has 5 rings (SSSR count). The van der Waals surface area contributed by atoms with Crippen molar-refractivity contribution in [2.75, 3.05) is 6.79 Å². The van der Waals surface area contributed by atoms with Crippen LogP contribution in [0.4, 0.5) is 0 Å². The fraction of sp³-hybridized carbons (Fsp3) is 0.455. The molecule has 1 unspecified atom stereocenters. The Labute approximate surface area is 150 Å². The van der Waals surface area contributed by atoms with Crippen molar-refractivity contribution in [3.8, 4) is 17.2 Å². The Bertz CT molecular complexity index is 785. The van der Waals surface area contributed by atoms with Gasteiger partial charge in [0.25, 0.3) is 0 Å². The van der Waals surface area contributed by atoms with E-state index in [-0.39, 0.29) is 12.4 Å². The Hall–Kier alpha value is -2.16. The average Bonchev–Trinajstić information content (AvgIpc) is 3.01. The van der Waals surface area contributed by atoms with Gasteiger partial charge in [0.1, 0.15) is 11.4 Å². The van der Waals surface area contributed by atoms with E-state index in [1.165, 1.54) is 16.7 Å². The zero-order valence-electron chi connectivity index (χ0n) is 15.4. The molecule has 0 fully saturated rings. The van der Waals surface area contributed by atoms with Crippen LogP contribution in [0.3, 0.4) is 0 Å². The first kappa shape index (κ1) is 16.3. The fourth-order valence-electron chi connectivity index (χ4n) is 3.83. The van der Waals surface area contributed by atoms with E-state index in [0.29, 0.717) is 0 Å². The van der Waals surface area contributed by atoms with Crippen LogP contribution in [0.15, 0.2) is 35.4 Å². The van der Waals surface area contributed by atoms with Crippen LogP contribution in [0.2, 0.25) is 0 Å². The van der Waals surface area contributed by atoms with E-state index in [1.807, 2.05) is 6.07 Å². The molecule has 0 radical (unpaired) electrons. The first-order chi connectivity index (χ1) is 12.0. The zero-order chi connectivity index (χ0) is 17.4. The molecule has 1 atom stereocenters. The molecule has 0 saturated heterocycles. The maximum absolute atomic E-state index is 6.43. The van der Waals surface area contributed by atoms with Crippen LogP contribution in [0.1, 0.15) is 57.6 Å². The molecule has 1 aromatic rings. The van der Waals surface area contributed by atoms with Crippen molar-refractivity contribution in [1.29, 1.82) is 0 Å². The lowest BCUT2D eigenvalue weighted by atomic mass is 9.90. The average molecular weight is 338 g/mol. The van der Waals surface area contributed by atoms with Gasteiger partial charge < -0.3 is 14.2 Å². The van der Waals surface area contributed by atoms with Crippen LogP contribution >= 0.6 is 0 Å². The SMILES string of the molecule is CC1=CCCC2(C)C=Cc3c(cc4c(c3CC(C)=CCC1)OCO4)O2. The van der Waals surface area contributed by atoms with Crippen LogP contribution in [-0.4, -0.2) is 12.4 Å². The topological polar surface area (TPSA) is 27.7 Å². The van der Waals surface area contributed by atoms with Crippen molar-refractivity contribution >= 4 is 6.08 Å². The summed E-state index contributed by atoms with van der Waals surface area (Å²) in [4.78, 5) is 0. The van der Waals surface area contributed by atoms with Crippen molar-refractivity contribution in [2.45, 2.75) is 58.5 Å². The summed E-state index contributed by atoms with van der Waals surface area (Å²) < 4.78 is 17.9. The molecule has 3 aliphatic heterocycles. The lowest BCUT2D eigenvalue weighted by Crippen LogP contribution is -2.32. The van der Waals surface area contributed by atoms with Gasteiger partial charge >= 0.3 is 0 Å². The summed E-state index contributed by atoms with van der Waals surface area (Å²) in [5.41, 5.74) is 4.86. The van der Waals surface area contributed by atoms with Gasteiger partial charge in [-0.3, -0.25) is 0 Å². The van der Waals surface area contributed by atoms with Crippen LogP contribution in [-0.2, 0) is 6.42 Å². The Morgan fingerprint density at radius 2 is 1.84 bits per heavy atom. The van der Waals surface area contributed by atoms with E-state index in [4.69, 9.17) is 14.2 Å². The molecule has 132 valence electrons. The van der Waals surface area contributed by atoms with Gasteiger partial charge in [-0.1, -0.05) is 29.4 Å². The maximum atomic E-state index is 6.43. The summed E-state index contributed by atoms with van der Waals surface area (Å²) in [7, 11) is 0. The van der Waals surface area contributed by atoms with E-state index in [0.717, 1.165) is 54.9 Å². The van der Waals surface area contributed by atoms with Crippen LogP contribution < -0.4 is 14.2 Å². The zero-order valence-corrected chi connectivity index (χ0v) is 15.4. The molecule has 4 bridgehead atoms. The van der Waals surface area contributed by atoms with Crippen LogP contribution in [0.25, 0.3) is 6.08 Å². The summed E-state index contributed by atoms with van der Waals surface area (Å²) in [6, 6.07) is 1.99. The molecule has 0 amide bonds. The highest BCUT2D eigenvalue weighted by atomic mass is 16.7. The summed E-state index contributed by atoms with van der Waals surface area (Å²) in [6.45, 7) is 6.88. The highest BCUT2D eigenvalue weighted by Gasteiger charge is 2.32. The van der Waals surface area contributed by atoms with Crippen molar-refractivity contribution < 1.29 is 14.2 Å². The smallest absolute Gasteiger partial charge is 0.231 e. The molecular formula is C22H26O3. The lowest BCUT2D eigenvalue weighted by molar-refractivity contribution is 0.128. The Kier molecular flexibility index (Phi) is 4.10. The van der Waals surface area contributed by atoms with Gasteiger partial charge in [0.2, 0.25) is 6.79 Å². The molecule has 3 heterocycles. The number of hydrogen-bond donors (Lipinski definition) is 0. The third kappa shape index (κ3) is 3.20. The first-order valence-corrected chi connectivity index (χ1v) is 9.19. The Morgan fingerprint density at radius 1 is 1.00 bits per heavy atom. The number of rotatable bonds is 0. The third-order valence-electron chi connectivity index (χ3n) is 5.33. The second-order valence-corrected chi connectivity index (χ2v) is 7.60. The lowest BCUT2D eigenvalue weighted by Gasteiger charge is -2.32. The van der Waals surface area contributed by atoms with Crippen molar-refractivity contribution in [3.63, 3.8) is 0 Å². The molecule has 0 N–H and O–H groups in total. The molecule has 1 aliphatic carbocycles. The Balaban J connectivity index is 1.81. The van der Waals surface area contributed by atoms with Crippen molar-refractivity contribution in [1.82, 2.24) is 0 Å². The van der Waals surface area contributed by atoms with Gasteiger partial charge in [-0.2, -0.15) is 0 Å². The van der Waals surface area contributed by atoms with Gasteiger partial charge in [-0.25, -0.2) is 0 Å². The predicted molar refractivity (Wildman–Crippen MR) is 100 cm³/mol. The highest BCUT2D eigenvalue weighted by molar-refractivity contribution is 5.72. The summed E-state index contributed by atoms with van der Waals surface area (Å²) in [5, 5.41) is 0. The minimum atomic E-state index is -0.274. The number of fused-ring (bicyclic) bond motifs is 7. The monoisotopic (exact) mass is 338 g/mol. The van der Waals surface area contributed by atoms with E-state index in [9.17, 15) is 0 Å². The number of benzene rings is 1. The summed E-state index contributed by atoms with van der Waals surface area (Å²) in [5.74, 6) is 2.60. The molecule has 4 aliphatic rings. The molecule has 0 saturated carbocycles. The predicted octanol–water partition coefficient (Wildman–Crippen LogP) is 5.59. The number of hydrogen-bond acceptors (Lipinski definition) is 3. The molecule has 3 heteroatoms. The van der Waals surface area contributed by atoms with Crippen molar-refractivity contribution in [2.24, 2.45) is 0 Å². The van der Waals surface area contributed by atoms with Gasteiger partial charge in [-0.05, 0) is 59.0 Å². The summed E-state index contributed by atoms with van der Waals surface area (Å²) >= 11 is 0. The van der Waals surface area contributed by atoms with E-state index in [1.54, 1.807) is 0 Å². The quantitative estimate of drug-likeness (QED) is 0.577. The molecule has 1 aromatic carbocycles. The van der Waals surface area contributed by atoms with Gasteiger partial charge in [0, 0.05) is 17.2 Å². The van der Waals surface area contributed by atoms with Gasteiger partial charge in [-0.15, -0.1) is 0 Å².